The molecule has 6 heteroatoms. The molecule has 4 rings (SSSR count). The zero-order chi connectivity index (χ0) is 18.6. The molecule has 2 fully saturated rings. The second kappa shape index (κ2) is 8.31. The Morgan fingerprint density at radius 3 is 2.56 bits per heavy atom. The fourth-order valence-corrected chi connectivity index (χ4v) is 4.09. The number of hydrogen-bond donors (Lipinski definition) is 1. The smallest absolute Gasteiger partial charge is 0.160 e. The Bertz CT molecular complexity index is 750. The minimum atomic E-state index is -0.795. The Kier molecular flexibility index (Phi) is 5.64. The Morgan fingerprint density at radius 1 is 1.04 bits per heavy atom. The lowest BCUT2D eigenvalue weighted by atomic mass is 9.93. The van der Waals surface area contributed by atoms with E-state index in [9.17, 15) is 8.78 Å². The molecule has 0 unspecified atom stereocenters. The lowest BCUT2D eigenvalue weighted by Crippen LogP contribution is -2.48. The topological polar surface area (TPSA) is 37.4 Å². The number of anilines is 1. The highest BCUT2D eigenvalue weighted by molar-refractivity contribution is 5.47. The van der Waals surface area contributed by atoms with E-state index in [2.05, 4.69) is 27.3 Å². The summed E-state index contributed by atoms with van der Waals surface area (Å²) in [7, 11) is 0. The average Bonchev–Trinajstić information content (AvgIpc) is 3.12. The van der Waals surface area contributed by atoms with Gasteiger partial charge in [-0.25, -0.2) is 8.78 Å². The maximum Gasteiger partial charge on any atom is 0.160 e. The van der Waals surface area contributed by atoms with E-state index < -0.39 is 11.6 Å². The Morgan fingerprint density at radius 2 is 1.81 bits per heavy atom. The van der Waals surface area contributed by atoms with Crippen molar-refractivity contribution < 1.29 is 13.5 Å². The molecule has 4 nitrogen and oxygen atoms in total. The van der Waals surface area contributed by atoms with Crippen LogP contribution >= 0.6 is 0 Å². The third-order valence-electron chi connectivity index (χ3n) is 5.66. The number of nitrogens with zero attached hydrogens (tertiary/aromatic N) is 2. The largest absolute Gasteiger partial charge is 0.379 e. The van der Waals surface area contributed by atoms with Crippen molar-refractivity contribution in [3.8, 4) is 0 Å². The van der Waals surface area contributed by atoms with Gasteiger partial charge in [-0.1, -0.05) is 0 Å². The van der Waals surface area contributed by atoms with Crippen molar-refractivity contribution in [2.75, 3.05) is 31.2 Å². The van der Waals surface area contributed by atoms with E-state index in [4.69, 9.17) is 4.74 Å². The van der Waals surface area contributed by atoms with Gasteiger partial charge in [-0.3, -0.25) is 4.98 Å². The lowest BCUT2D eigenvalue weighted by Gasteiger charge is -2.36. The van der Waals surface area contributed by atoms with Gasteiger partial charge in [-0.15, -0.1) is 0 Å². The summed E-state index contributed by atoms with van der Waals surface area (Å²) < 4.78 is 32.3. The summed E-state index contributed by atoms with van der Waals surface area (Å²) in [4.78, 5) is 6.20. The molecular formula is C21H25F2N3O. The van der Waals surface area contributed by atoms with Gasteiger partial charge in [0.2, 0.25) is 0 Å². The van der Waals surface area contributed by atoms with Gasteiger partial charge in [0, 0.05) is 55.2 Å². The zero-order valence-electron chi connectivity index (χ0n) is 15.3. The van der Waals surface area contributed by atoms with Crippen molar-refractivity contribution in [1.29, 1.82) is 0 Å². The lowest BCUT2D eigenvalue weighted by molar-refractivity contribution is 0.181. The number of halogens is 2. The molecule has 0 bridgehead atoms. The number of pyridine rings is 1. The predicted molar refractivity (Wildman–Crippen MR) is 101 cm³/mol. The molecule has 0 saturated carbocycles. The summed E-state index contributed by atoms with van der Waals surface area (Å²) in [5.41, 5.74) is 2.05. The fraction of sp³-hybridized carbons (Fsp3) is 0.476. The van der Waals surface area contributed by atoms with Crippen LogP contribution in [0.4, 0.5) is 14.5 Å². The van der Waals surface area contributed by atoms with Crippen LogP contribution in [0.5, 0.6) is 0 Å². The van der Waals surface area contributed by atoms with Crippen LogP contribution in [0.15, 0.2) is 42.7 Å². The van der Waals surface area contributed by atoms with E-state index in [1.54, 1.807) is 6.07 Å². The van der Waals surface area contributed by atoms with Crippen LogP contribution in [0.25, 0.3) is 0 Å². The van der Waals surface area contributed by atoms with E-state index in [0.29, 0.717) is 18.0 Å². The van der Waals surface area contributed by atoms with E-state index in [0.717, 1.165) is 51.3 Å². The molecule has 0 amide bonds. The number of rotatable bonds is 5. The summed E-state index contributed by atoms with van der Waals surface area (Å²) in [6.45, 7) is 3.21. The quantitative estimate of drug-likeness (QED) is 0.874. The standard InChI is InChI=1S/C21H25F2N3O/c22-19-2-1-18(12-20(19)23)26-9-5-17(6-10-26)25-21-14-27-13-16(21)11-15-3-7-24-8-4-15/h1-4,7-8,12,16-17,21,25H,5-6,9-11,13-14H2/t16-,21+/m1/s1. The summed E-state index contributed by atoms with van der Waals surface area (Å²) in [5.74, 6) is -1.11. The maximum absolute atomic E-state index is 13.5. The minimum Gasteiger partial charge on any atom is -0.379 e. The van der Waals surface area contributed by atoms with Crippen LogP contribution in [0.1, 0.15) is 18.4 Å². The van der Waals surface area contributed by atoms with E-state index in [1.165, 1.54) is 17.7 Å². The molecule has 2 saturated heterocycles. The molecule has 2 aliphatic heterocycles. The van der Waals surface area contributed by atoms with Gasteiger partial charge in [0.1, 0.15) is 0 Å². The minimum absolute atomic E-state index is 0.359. The molecule has 1 aromatic carbocycles. The van der Waals surface area contributed by atoms with Gasteiger partial charge < -0.3 is 15.0 Å². The molecule has 144 valence electrons. The summed E-state index contributed by atoms with van der Waals surface area (Å²) >= 11 is 0. The predicted octanol–water partition coefficient (Wildman–Crippen LogP) is 3.18. The highest BCUT2D eigenvalue weighted by Gasteiger charge is 2.31. The molecular weight excluding hydrogens is 348 g/mol. The normalized spacial score (nSPS) is 23.7. The first-order chi connectivity index (χ1) is 13.2. The average molecular weight is 373 g/mol. The van der Waals surface area contributed by atoms with Gasteiger partial charge in [-0.2, -0.15) is 0 Å². The SMILES string of the molecule is Fc1ccc(N2CCC(N[C@H]3COC[C@H]3Cc3ccncc3)CC2)cc1F. The summed E-state index contributed by atoms with van der Waals surface area (Å²) in [6.07, 6.45) is 6.63. The number of ether oxygens (including phenoxy) is 1. The van der Waals surface area contributed by atoms with Gasteiger partial charge in [0.15, 0.2) is 11.6 Å². The fourth-order valence-electron chi connectivity index (χ4n) is 4.09. The first-order valence-electron chi connectivity index (χ1n) is 9.62. The molecule has 1 N–H and O–H groups in total. The van der Waals surface area contributed by atoms with Gasteiger partial charge in [-0.05, 0) is 49.1 Å². The first-order valence-corrected chi connectivity index (χ1v) is 9.62. The molecule has 27 heavy (non-hydrogen) atoms. The molecule has 0 spiro atoms. The summed E-state index contributed by atoms with van der Waals surface area (Å²) in [6, 6.07) is 9.07. The Hall–Kier alpha value is -2.05. The van der Waals surface area contributed by atoms with Gasteiger partial charge in [0.25, 0.3) is 0 Å². The number of nitrogens with one attached hydrogen (secondary N) is 1. The van der Waals surface area contributed by atoms with E-state index in [-0.39, 0.29) is 0 Å². The van der Waals surface area contributed by atoms with Crippen molar-refractivity contribution in [3.05, 3.63) is 59.9 Å². The monoisotopic (exact) mass is 373 g/mol. The van der Waals surface area contributed by atoms with Crippen LogP contribution in [-0.4, -0.2) is 43.4 Å². The molecule has 1 aromatic heterocycles. The number of piperidine rings is 1. The Balaban J connectivity index is 1.30. The highest BCUT2D eigenvalue weighted by Crippen LogP contribution is 2.24. The Labute approximate surface area is 158 Å². The van der Waals surface area contributed by atoms with Crippen LogP contribution < -0.4 is 10.2 Å². The first kappa shape index (κ1) is 18.3. The van der Waals surface area contributed by atoms with Crippen LogP contribution in [0.2, 0.25) is 0 Å². The van der Waals surface area contributed by atoms with Crippen molar-refractivity contribution in [1.82, 2.24) is 10.3 Å². The van der Waals surface area contributed by atoms with Gasteiger partial charge >= 0.3 is 0 Å². The molecule has 2 atom stereocenters. The van der Waals surface area contributed by atoms with Crippen molar-refractivity contribution in [3.63, 3.8) is 0 Å². The van der Waals surface area contributed by atoms with E-state index >= 15 is 0 Å². The molecule has 2 aromatic rings. The molecule has 0 radical (unpaired) electrons. The second-order valence-corrected chi connectivity index (χ2v) is 7.49. The van der Waals surface area contributed by atoms with Crippen molar-refractivity contribution >= 4 is 5.69 Å². The number of aromatic nitrogens is 1. The maximum atomic E-state index is 13.5. The highest BCUT2D eigenvalue weighted by atomic mass is 19.2. The summed E-state index contributed by atoms with van der Waals surface area (Å²) in [5, 5.41) is 3.78. The van der Waals surface area contributed by atoms with Crippen molar-refractivity contribution in [2.24, 2.45) is 5.92 Å². The van der Waals surface area contributed by atoms with Crippen LogP contribution in [0, 0.1) is 17.6 Å². The second-order valence-electron chi connectivity index (χ2n) is 7.49. The van der Waals surface area contributed by atoms with Crippen LogP contribution in [0.3, 0.4) is 0 Å². The van der Waals surface area contributed by atoms with Crippen molar-refractivity contribution in [2.45, 2.75) is 31.3 Å². The van der Waals surface area contributed by atoms with E-state index in [1.807, 2.05) is 12.4 Å². The third-order valence-corrected chi connectivity index (χ3v) is 5.66. The van der Waals surface area contributed by atoms with Crippen LogP contribution in [-0.2, 0) is 11.2 Å². The van der Waals surface area contributed by atoms with Gasteiger partial charge in [0.05, 0.1) is 13.2 Å². The molecule has 2 aliphatic rings. The zero-order valence-corrected chi connectivity index (χ0v) is 15.3. The molecule has 0 aliphatic carbocycles. The number of hydrogen-bond acceptors (Lipinski definition) is 4. The number of benzene rings is 1. The third kappa shape index (κ3) is 4.45. The molecule has 3 heterocycles.